The van der Waals surface area contributed by atoms with E-state index in [1.807, 2.05) is 0 Å². The summed E-state index contributed by atoms with van der Waals surface area (Å²) in [4.78, 5) is 24.0. The van der Waals surface area contributed by atoms with Gasteiger partial charge in [-0.15, -0.1) is 0 Å². The highest BCUT2D eigenvalue weighted by molar-refractivity contribution is 6.10. The molecule has 9 nitrogen and oxygen atoms in total. The molecule has 2 aromatic carbocycles. The van der Waals surface area contributed by atoms with Crippen molar-refractivity contribution >= 4 is 23.7 Å². The highest BCUT2D eigenvalue weighted by atomic mass is 16.7. The molecule has 0 amide bonds. The lowest BCUT2D eigenvalue weighted by Gasteiger charge is -2.39. The van der Waals surface area contributed by atoms with Crippen LogP contribution in [0.5, 0.6) is 11.5 Å². The van der Waals surface area contributed by atoms with Crippen LogP contribution in [0.2, 0.25) is 0 Å². The molecule has 1 fully saturated rings. The molecular formula is C25H26O9. The summed E-state index contributed by atoms with van der Waals surface area (Å²) in [6, 6.07) is 12.7. The molecule has 5 N–H and O–H groups in total. The number of carbonyl (C=O) groups is 2. The van der Waals surface area contributed by atoms with Crippen molar-refractivity contribution in [1.82, 2.24) is 0 Å². The Morgan fingerprint density at radius 1 is 0.824 bits per heavy atom. The molecule has 0 unspecified atom stereocenters. The second kappa shape index (κ2) is 11.7. The molecule has 0 radical (unpaired) electrons. The fraction of sp³-hybridized carbons (Fsp3) is 0.280. The number of aliphatic hydroxyl groups is 4. The zero-order valence-corrected chi connectivity index (χ0v) is 18.1. The number of allylic oxidation sites excluding steroid dienone is 2. The predicted molar refractivity (Wildman–Crippen MR) is 122 cm³/mol. The molecule has 0 saturated carbocycles. The van der Waals surface area contributed by atoms with Crippen LogP contribution in [0.3, 0.4) is 0 Å². The summed E-state index contributed by atoms with van der Waals surface area (Å²) in [6.07, 6.45) is -1.48. The quantitative estimate of drug-likeness (QED) is 0.265. The molecule has 1 aliphatic heterocycles. The number of carbonyl (C=O) groups excluding carboxylic acids is 2. The van der Waals surface area contributed by atoms with Gasteiger partial charge in [0.15, 0.2) is 11.6 Å². The minimum atomic E-state index is -1.54. The van der Waals surface area contributed by atoms with Crippen molar-refractivity contribution in [3.63, 3.8) is 0 Å². The van der Waals surface area contributed by atoms with E-state index in [4.69, 9.17) is 9.47 Å². The van der Waals surface area contributed by atoms with E-state index in [-0.39, 0.29) is 23.7 Å². The van der Waals surface area contributed by atoms with Crippen LogP contribution < -0.4 is 4.74 Å². The minimum Gasteiger partial charge on any atom is -0.508 e. The molecule has 0 spiro atoms. The molecule has 180 valence electrons. The van der Waals surface area contributed by atoms with Crippen molar-refractivity contribution < 1.29 is 44.6 Å². The molecule has 0 aliphatic carbocycles. The molecule has 5 atom stereocenters. The average molecular weight is 470 g/mol. The lowest BCUT2D eigenvalue weighted by molar-refractivity contribution is -0.277. The first-order valence-electron chi connectivity index (χ1n) is 10.5. The number of rotatable bonds is 9. The third kappa shape index (κ3) is 6.83. The molecule has 9 heteroatoms. The standard InChI is InChI=1S/C25H26O9/c26-14-21-22(30)23(31)24(32)25(34-21)33-20-11-5-16(6-12-20)4-10-19(29)13-18(28)9-3-15-1-7-17(27)8-2-15/h1-12,21-27,30-32H,13-14H2/b9-3+,10-4+/t21-,22-,23+,24-,25-/m1/s1. The van der Waals surface area contributed by atoms with Crippen LogP contribution >= 0.6 is 0 Å². The van der Waals surface area contributed by atoms with Gasteiger partial charge < -0.3 is 35.0 Å². The van der Waals surface area contributed by atoms with Gasteiger partial charge in [-0.2, -0.15) is 0 Å². The number of phenols is 1. The van der Waals surface area contributed by atoms with E-state index in [1.54, 1.807) is 42.5 Å². The Morgan fingerprint density at radius 3 is 1.88 bits per heavy atom. The van der Waals surface area contributed by atoms with Crippen molar-refractivity contribution in [1.29, 1.82) is 0 Å². The zero-order chi connectivity index (χ0) is 24.7. The molecule has 1 saturated heterocycles. The Labute approximate surface area is 195 Å². The number of hydrogen-bond donors (Lipinski definition) is 5. The fourth-order valence-corrected chi connectivity index (χ4v) is 3.21. The predicted octanol–water partition coefficient (Wildman–Crippen LogP) is 0.826. The summed E-state index contributed by atoms with van der Waals surface area (Å²) in [5.41, 5.74) is 1.38. The van der Waals surface area contributed by atoms with E-state index in [0.717, 1.165) is 5.56 Å². The highest BCUT2D eigenvalue weighted by Gasteiger charge is 2.44. The summed E-state index contributed by atoms with van der Waals surface area (Å²) in [6.45, 7) is -0.558. The van der Waals surface area contributed by atoms with Crippen molar-refractivity contribution in [3.8, 4) is 11.5 Å². The van der Waals surface area contributed by atoms with Crippen molar-refractivity contribution in [3.05, 3.63) is 71.8 Å². The average Bonchev–Trinajstić information content (AvgIpc) is 2.83. The molecule has 1 aliphatic rings. The summed E-state index contributed by atoms with van der Waals surface area (Å²) in [7, 11) is 0. The molecule has 34 heavy (non-hydrogen) atoms. The smallest absolute Gasteiger partial charge is 0.229 e. The Morgan fingerprint density at radius 2 is 1.35 bits per heavy atom. The van der Waals surface area contributed by atoms with Gasteiger partial charge in [0.2, 0.25) is 6.29 Å². The van der Waals surface area contributed by atoms with E-state index in [2.05, 4.69) is 0 Å². The van der Waals surface area contributed by atoms with Gasteiger partial charge in [-0.3, -0.25) is 9.59 Å². The van der Waals surface area contributed by atoms with Crippen molar-refractivity contribution in [2.75, 3.05) is 6.61 Å². The molecule has 1 heterocycles. The second-order valence-corrected chi connectivity index (χ2v) is 7.75. The fourth-order valence-electron chi connectivity index (χ4n) is 3.21. The van der Waals surface area contributed by atoms with Gasteiger partial charge in [0, 0.05) is 0 Å². The van der Waals surface area contributed by atoms with Gasteiger partial charge in [0.05, 0.1) is 13.0 Å². The molecule has 0 aromatic heterocycles. The van der Waals surface area contributed by atoms with E-state index < -0.39 is 37.3 Å². The van der Waals surface area contributed by atoms with Gasteiger partial charge in [0.1, 0.15) is 35.9 Å². The third-order valence-corrected chi connectivity index (χ3v) is 5.15. The van der Waals surface area contributed by atoms with Gasteiger partial charge in [-0.05, 0) is 47.5 Å². The van der Waals surface area contributed by atoms with E-state index in [0.29, 0.717) is 11.3 Å². The number of hydrogen-bond acceptors (Lipinski definition) is 9. The number of aliphatic hydroxyl groups excluding tert-OH is 4. The van der Waals surface area contributed by atoms with E-state index >= 15 is 0 Å². The number of benzene rings is 2. The van der Waals surface area contributed by atoms with Crippen LogP contribution in [0.4, 0.5) is 0 Å². The first kappa shape index (κ1) is 25.3. The number of aromatic hydroxyl groups is 1. The van der Waals surface area contributed by atoms with Crippen LogP contribution in [-0.2, 0) is 14.3 Å². The lowest BCUT2D eigenvalue weighted by Crippen LogP contribution is -2.60. The molecule has 2 aromatic rings. The number of ketones is 2. The Kier molecular flexibility index (Phi) is 8.69. The van der Waals surface area contributed by atoms with E-state index in [9.17, 15) is 35.1 Å². The monoisotopic (exact) mass is 470 g/mol. The first-order chi connectivity index (χ1) is 16.3. The Hall–Kier alpha value is -3.34. The summed E-state index contributed by atoms with van der Waals surface area (Å²) < 4.78 is 10.8. The van der Waals surface area contributed by atoms with Gasteiger partial charge >= 0.3 is 0 Å². The summed E-state index contributed by atoms with van der Waals surface area (Å²) in [5, 5.41) is 48.2. The van der Waals surface area contributed by atoms with Crippen molar-refractivity contribution in [2.45, 2.75) is 37.1 Å². The molecule has 0 bridgehead atoms. The molecule has 3 rings (SSSR count). The molecular weight excluding hydrogens is 444 g/mol. The largest absolute Gasteiger partial charge is 0.508 e. The van der Waals surface area contributed by atoms with Crippen molar-refractivity contribution in [2.24, 2.45) is 0 Å². The zero-order valence-electron chi connectivity index (χ0n) is 18.1. The lowest BCUT2D eigenvalue weighted by atomic mass is 9.99. The van der Waals surface area contributed by atoms with Crippen LogP contribution in [0, 0.1) is 0 Å². The topological polar surface area (TPSA) is 154 Å². The van der Waals surface area contributed by atoms with Gasteiger partial charge in [-0.1, -0.05) is 36.4 Å². The number of phenolic OH excluding ortho intramolecular Hbond substituents is 1. The number of ether oxygens (including phenoxy) is 2. The van der Waals surface area contributed by atoms with Crippen LogP contribution in [0.25, 0.3) is 12.2 Å². The Bertz CT molecular complexity index is 1030. The Balaban J connectivity index is 1.51. The maximum absolute atomic E-state index is 12.1. The maximum atomic E-state index is 12.1. The van der Waals surface area contributed by atoms with Gasteiger partial charge in [0.25, 0.3) is 0 Å². The van der Waals surface area contributed by atoms with Crippen LogP contribution in [-0.4, -0.2) is 74.4 Å². The van der Waals surface area contributed by atoms with Crippen LogP contribution in [0.1, 0.15) is 17.5 Å². The second-order valence-electron chi connectivity index (χ2n) is 7.75. The normalized spacial score (nSPS) is 25.0. The van der Waals surface area contributed by atoms with Gasteiger partial charge in [-0.25, -0.2) is 0 Å². The van der Waals surface area contributed by atoms with Crippen LogP contribution in [0.15, 0.2) is 60.7 Å². The maximum Gasteiger partial charge on any atom is 0.229 e. The SMILES string of the molecule is O=C(/C=C/c1ccc(O)cc1)CC(=O)/C=C/c1ccc(O[C@@H]2O[C@H](CO)[C@@H](O)[C@H](O)[C@H]2O)cc1. The van der Waals surface area contributed by atoms with E-state index in [1.165, 1.54) is 30.4 Å². The highest BCUT2D eigenvalue weighted by Crippen LogP contribution is 2.24. The first-order valence-corrected chi connectivity index (χ1v) is 10.5. The third-order valence-electron chi connectivity index (χ3n) is 5.15. The minimum absolute atomic E-state index is 0.122. The summed E-state index contributed by atoms with van der Waals surface area (Å²) >= 11 is 0. The summed E-state index contributed by atoms with van der Waals surface area (Å²) in [5.74, 6) is -0.312.